The van der Waals surface area contributed by atoms with Crippen molar-refractivity contribution in [3.8, 4) is 5.69 Å². The minimum Gasteiger partial charge on any atom is -0.338 e. The van der Waals surface area contributed by atoms with Crippen molar-refractivity contribution < 1.29 is 18.0 Å². The number of nitrogens with zero attached hydrogens (tertiary/aromatic N) is 3. The first-order valence-corrected chi connectivity index (χ1v) is 8.94. The molecule has 2 N–H and O–H groups in total. The van der Waals surface area contributed by atoms with Gasteiger partial charge in [0.15, 0.2) is 0 Å². The molecule has 1 aliphatic heterocycles. The van der Waals surface area contributed by atoms with E-state index in [0.29, 0.717) is 30.2 Å². The van der Waals surface area contributed by atoms with Crippen molar-refractivity contribution >= 4 is 5.91 Å². The fourth-order valence-corrected chi connectivity index (χ4v) is 3.66. The molecule has 0 aliphatic carbocycles. The van der Waals surface area contributed by atoms with Crippen LogP contribution in [-0.2, 0) is 17.4 Å². The number of likely N-dealkylation sites (tertiary alicyclic amines) is 1. The Bertz CT molecular complexity index is 844. The van der Waals surface area contributed by atoms with Gasteiger partial charge in [0.2, 0.25) is 5.91 Å². The molecule has 1 amide bonds. The Morgan fingerprint density at radius 3 is 2.74 bits per heavy atom. The second-order valence-electron chi connectivity index (χ2n) is 6.90. The van der Waals surface area contributed by atoms with Crippen LogP contribution < -0.4 is 5.73 Å². The standard InChI is InChI=1S/C19H23F3N4O/c1-12-17(10-18(27)25-8-4-7-16(25)11-23)13(2)26(24-12)15-6-3-5-14(9-15)19(20,21)22/h3,5-6,9,16H,4,7-8,10-11,23H2,1-2H3. The van der Waals surface area contributed by atoms with E-state index in [1.807, 2.05) is 0 Å². The third kappa shape index (κ3) is 3.85. The molecule has 1 atom stereocenters. The number of nitrogens with two attached hydrogens (primary N) is 1. The summed E-state index contributed by atoms with van der Waals surface area (Å²) < 4.78 is 40.5. The van der Waals surface area contributed by atoms with Crippen molar-refractivity contribution in [3.63, 3.8) is 0 Å². The average Bonchev–Trinajstić information content (AvgIpc) is 3.21. The van der Waals surface area contributed by atoms with Crippen molar-refractivity contribution in [1.29, 1.82) is 0 Å². The van der Waals surface area contributed by atoms with Crippen LogP contribution in [0.25, 0.3) is 5.69 Å². The monoisotopic (exact) mass is 380 g/mol. The fourth-order valence-electron chi connectivity index (χ4n) is 3.66. The highest BCUT2D eigenvalue weighted by Gasteiger charge is 2.31. The smallest absolute Gasteiger partial charge is 0.338 e. The molecule has 0 saturated carbocycles. The Morgan fingerprint density at radius 1 is 1.33 bits per heavy atom. The SMILES string of the molecule is Cc1nn(-c2cccc(C(F)(F)F)c2)c(C)c1CC(=O)N1CCCC1CN. The lowest BCUT2D eigenvalue weighted by molar-refractivity contribution is -0.137. The van der Waals surface area contributed by atoms with Crippen LogP contribution in [0.3, 0.4) is 0 Å². The van der Waals surface area contributed by atoms with Gasteiger partial charge < -0.3 is 10.6 Å². The molecule has 8 heteroatoms. The molecule has 1 aromatic heterocycles. The van der Waals surface area contributed by atoms with Crippen LogP contribution in [0.4, 0.5) is 13.2 Å². The summed E-state index contributed by atoms with van der Waals surface area (Å²) in [5, 5.41) is 4.38. The summed E-state index contributed by atoms with van der Waals surface area (Å²) in [7, 11) is 0. The summed E-state index contributed by atoms with van der Waals surface area (Å²) in [5.41, 5.74) is 7.40. The normalized spacial score (nSPS) is 17.6. The van der Waals surface area contributed by atoms with Crippen LogP contribution in [-0.4, -0.2) is 39.7 Å². The first-order valence-electron chi connectivity index (χ1n) is 8.94. The van der Waals surface area contributed by atoms with Gasteiger partial charge in [-0.3, -0.25) is 4.79 Å². The molecule has 3 rings (SSSR count). The van der Waals surface area contributed by atoms with Gasteiger partial charge >= 0.3 is 6.18 Å². The Hall–Kier alpha value is -2.35. The molecule has 2 heterocycles. The maximum absolute atomic E-state index is 13.0. The maximum Gasteiger partial charge on any atom is 0.416 e. The number of aromatic nitrogens is 2. The highest BCUT2D eigenvalue weighted by molar-refractivity contribution is 5.80. The van der Waals surface area contributed by atoms with Crippen LogP contribution in [0.1, 0.15) is 35.4 Å². The molecule has 1 aliphatic rings. The van der Waals surface area contributed by atoms with Gasteiger partial charge in [-0.1, -0.05) is 6.07 Å². The molecule has 1 unspecified atom stereocenters. The van der Waals surface area contributed by atoms with Gasteiger partial charge in [0, 0.05) is 30.4 Å². The summed E-state index contributed by atoms with van der Waals surface area (Å²) in [6.45, 7) is 4.67. The lowest BCUT2D eigenvalue weighted by Crippen LogP contribution is -2.40. The lowest BCUT2D eigenvalue weighted by atomic mass is 10.1. The summed E-state index contributed by atoms with van der Waals surface area (Å²) >= 11 is 0. The number of carbonyl (C=O) groups is 1. The number of carbonyl (C=O) groups excluding carboxylic acids is 1. The number of hydrogen-bond acceptors (Lipinski definition) is 3. The van der Waals surface area contributed by atoms with Crippen molar-refractivity contribution in [2.75, 3.05) is 13.1 Å². The van der Waals surface area contributed by atoms with E-state index in [1.54, 1.807) is 24.8 Å². The van der Waals surface area contributed by atoms with E-state index in [1.165, 1.54) is 10.7 Å². The summed E-state index contributed by atoms with van der Waals surface area (Å²) in [6.07, 6.45) is -2.40. The molecule has 5 nitrogen and oxygen atoms in total. The van der Waals surface area contributed by atoms with Gasteiger partial charge in [0.1, 0.15) is 0 Å². The van der Waals surface area contributed by atoms with Gasteiger partial charge in [-0.2, -0.15) is 18.3 Å². The van der Waals surface area contributed by atoms with E-state index in [2.05, 4.69) is 5.10 Å². The molecule has 0 radical (unpaired) electrons. The first-order chi connectivity index (χ1) is 12.7. The maximum atomic E-state index is 13.0. The fraction of sp³-hybridized carbons (Fsp3) is 0.474. The van der Waals surface area contributed by atoms with E-state index in [9.17, 15) is 18.0 Å². The number of aryl methyl sites for hydroxylation is 1. The van der Waals surface area contributed by atoms with E-state index >= 15 is 0 Å². The number of hydrogen-bond donors (Lipinski definition) is 1. The predicted octanol–water partition coefficient (Wildman–Crippen LogP) is 3.00. The molecule has 0 spiro atoms. The molecular formula is C19H23F3N4O. The van der Waals surface area contributed by atoms with Crippen LogP contribution in [0.15, 0.2) is 24.3 Å². The van der Waals surface area contributed by atoms with Crippen molar-refractivity contribution in [2.24, 2.45) is 5.73 Å². The predicted molar refractivity (Wildman–Crippen MR) is 95.5 cm³/mol. The zero-order valence-electron chi connectivity index (χ0n) is 15.4. The van der Waals surface area contributed by atoms with Gasteiger partial charge in [0.05, 0.1) is 23.4 Å². The number of halogens is 3. The topological polar surface area (TPSA) is 64.2 Å². The molecule has 1 saturated heterocycles. The molecular weight excluding hydrogens is 357 g/mol. The van der Waals surface area contributed by atoms with E-state index < -0.39 is 11.7 Å². The van der Waals surface area contributed by atoms with E-state index in [-0.39, 0.29) is 18.4 Å². The van der Waals surface area contributed by atoms with Gasteiger partial charge in [0.25, 0.3) is 0 Å². The van der Waals surface area contributed by atoms with Crippen molar-refractivity contribution in [3.05, 3.63) is 46.8 Å². The lowest BCUT2D eigenvalue weighted by Gasteiger charge is -2.23. The van der Waals surface area contributed by atoms with Crippen LogP contribution in [0.5, 0.6) is 0 Å². The number of amides is 1. The zero-order valence-corrected chi connectivity index (χ0v) is 15.4. The van der Waals surface area contributed by atoms with Crippen molar-refractivity contribution in [1.82, 2.24) is 14.7 Å². The van der Waals surface area contributed by atoms with E-state index in [4.69, 9.17) is 5.73 Å². The summed E-state index contributed by atoms with van der Waals surface area (Å²) in [4.78, 5) is 14.5. The number of benzene rings is 1. The quantitative estimate of drug-likeness (QED) is 0.887. The van der Waals surface area contributed by atoms with Gasteiger partial charge in [-0.25, -0.2) is 4.68 Å². The molecule has 27 heavy (non-hydrogen) atoms. The molecule has 1 aromatic carbocycles. The van der Waals surface area contributed by atoms with Crippen LogP contribution in [0, 0.1) is 13.8 Å². The number of rotatable bonds is 4. The highest BCUT2D eigenvalue weighted by atomic mass is 19.4. The molecule has 146 valence electrons. The molecule has 0 bridgehead atoms. The first kappa shape index (κ1) is 19.4. The Kier molecular flexibility index (Phi) is 5.28. The highest BCUT2D eigenvalue weighted by Crippen LogP contribution is 2.31. The molecule has 2 aromatic rings. The number of alkyl halides is 3. The summed E-state index contributed by atoms with van der Waals surface area (Å²) in [6, 6.07) is 5.09. The van der Waals surface area contributed by atoms with Crippen molar-refractivity contribution in [2.45, 2.75) is 45.3 Å². The van der Waals surface area contributed by atoms with Gasteiger partial charge in [-0.15, -0.1) is 0 Å². The second-order valence-corrected chi connectivity index (χ2v) is 6.90. The zero-order chi connectivity index (χ0) is 19.8. The third-order valence-electron chi connectivity index (χ3n) is 5.16. The van der Waals surface area contributed by atoms with Gasteiger partial charge in [-0.05, 0) is 44.9 Å². The third-order valence-corrected chi connectivity index (χ3v) is 5.16. The van der Waals surface area contributed by atoms with E-state index in [0.717, 1.165) is 30.5 Å². The largest absolute Gasteiger partial charge is 0.416 e. The average molecular weight is 380 g/mol. The Balaban J connectivity index is 1.88. The second kappa shape index (κ2) is 7.34. The van der Waals surface area contributed by atoms with Crippen LogP contribution in [0.2, 0.25) is 0 Å². The Labute approximate surface area is 155 Å². The van der Waals surface area contributed by atoms with Crippen LogP contribution >= 0.6 is 0 Å². The minimum atomic E-state index is -4.42. The molecule has 1 fully saturated rings. The summed E-state index contributed by atoms with van der Waals surface area (Å²) in [5.74, 6) is -0.0160. The minimum absolute atomic E-state index is 0.0160. The Morgan fingerprint density at radius 2 is 2.07 bits per heavy atom.